The summed E-state index contributed by atoms with van der Waals surface area (Å²) in [5.41, 5.74) is 1.34. The molecule has 1 aromatic carbocycles. The number of carbonyl (C=O) groups is 1. The Kier molecular flexibility index (Phi) is 4.90. The molecule has 0 aliphatic carbocycles. The van der Waals surface area contributed by atoms with E-state index >= 15 is 0 Å². The number of aryl methyl sites for hydroxylation is 2. The highest BCUT2D eigenvalue weighted by molar-refractivity contribution is 7.89. The molecule has 0 atom stereocenters. The molecule has 0 bridgehead atoms. The molecule has 7 heteroatoms. The van der Waals surface area contributed by atoms with Gasteiger partial charge in [0.25, 0.3) is 0 Å². The summed E-state index contributed by atoms with van der Waals surface area (Å²) in [6.07, 6.45) is 0.242. The molecular formula is C12H18N2O4S. The van der Waals surface area contributed by atoms with E-state index in [-0.39, 0.29) is 23.8 Å². The molecular weight excluding hydrogens is 268 g/mol. The molecule has 0 unspecified atom stereocenters. The van der Waals surface area contributed by atoms with Gasteiger partial charge >= 0.3 is 0 Å². The number of nitrogens with two attached hydrogens (primary N) is 1. The lowest BCUT2D eigenvalue weighted by molar-refractivity contribution is -0.121. The molecule has 1 amide bonds. The average Bonchev–Trinajstić information content (AvgIpc) is 2.30. The third kappa shape index (κ3) is 4.22. The number of hydrogen-bond acceptors (Lipinski definition) is 4. The van der Waals surface area contributed by atoms with Crippen molar-refractivity contribution < 1.29 is 17.9 Å². The third-order valence-electron chi connectivity index (χ3n) is 2.62. The second-order valence-electron chi connectivity index (χ2n) is 4.20. The summed E-state index contributed by atoms with van der Waals surface area (Å²) in [7, 11) is -2.17. The van der Waals surface area contributed by atoms with Crippen molar-refractivity contribution >= 4 is 15.9 Å². The average molecular weight is 286 g/mol. The van der Waals surface area contributed by atoms with Gasteiger partial charge in [0, 0.05) is 7.05 Å². The first-order valence-corrected chi connectivity index (χ1v) is 7.27. The Labute approximate surface area is 113 Å². The van der Waals surface area contributed by atoms with Gasteiger partial charge < -0.3 is 10.1 Å². The first-order valence-electron chi connectivity index (χ1n) is 5.73. The van der Waals surface area contributed by atoms with Crippen molar-refractivity contribution in [2.45, 2.75) is 25.2 Å². The van der Waals surface area contributed by atoms with Crippen LogP contribution >= 0.6 is 0 Å². The van der Waals surface area contributed by atoms with E-state index in [4.69, 9.17) is 9.88 Å². The highest BCUT2D eigenvalue weighted by Crippen LogP contribution is 2.26. The number of nitrogens with one attached hydrogen (secondary N) is 1. The summed E-state index contributed by atoms with van der Waals surface area (Å²) in [5, 5.41) is 7.58. The van der Waals surface area contributed by atoms with Crippen molar-refractivity contribution in [2.75, 3.05) is 13.7 Å². The predicted octanol–water partition coefficient (Wildman–Crippen LogP) is 0.466. The molecule has 0 spiro atoms. The summed E-state index contributed by atoms with van der Waals surface area (Å²) in [6, 6.07) is 2.91. The zero-order chi connectivity index (χ0) is 14.6. The fraction of sp³-hybridized carbons (Fsp3) is 0.417. The van der Waals surface area contributed by atoms with Crippen LogP contribution in [-0.4, -0.2) is 28.0 Å². The van der Waals surface area contributed by atoms with Crippen molar-refractivity contribution in [1.29, 1.82) is 0 Å². The molecule has 0 radical (unpaired) electrons. The Balaban J connectivity index is 2.89. The Hall–Kier alpha value is -1.60. The molecule has 19 heavy (non-hydrogen) atoms. The van der Waals surface area contributed by atoms with Crippen molar-refractivity contribution in [2.24, 2.45) is 5.14 Å². The van der Waals surface area contributed by atoms with Gasteiger partial charge in [0.2, 0.25) is 15.9 Å². The number of ether oxygens (including phenoxy) is 1. The molecule has 1 rings (SSSR count). The van der Waals surface area contributed by atoms with Gasteiger partial charge in [0.05, 0.1) is 17.9 Å². The summed E-state index contributed by atoms with van der Waals surface area (Å²) >= 11 is 0. The van der Waals surface area contributed by atoms with E-state index in [1.807, 2.05) is 0 Å². The Bertz CT molecular complexity index is 558. The van der Waals surface area contributed by atoms with Crippen LogP contribution in [-0.2, 0) is 14.8 Å². The quantitative estimate of drug-likeness (QED) is 0.821. The molecule has 0 aliphatic rings. The second-order valence-corrected chi connectivity index (χ2v) is 5.76. The fourth-order valence-electron chi connectivity index (χ4n) is 1.67. The zero-order valence-electron chi connectivity index (χ0n) is 11.2. The van der Waals surface area contributed by atoms with E-state index in [0.29, 0.717) is 16.9 Å². The third-order valence-corrected chi connectivity index (χ3v) is 3.51. The molecule has 6 nitrogen and oxygen atoms in total. The number of hydrogen-bond donors (Lipinski definition) is 2. The topological polar surface area (TPSA) is 98.5 Å². The smallest absolute Gasteiger partial charge is 0.238 e. The van der Waals surface area contributed by atoms with Gasteiger partial charge in [-0.25, -0.2) is 13.6 Å². The van der Waals surface area contributed by atoms with E-state index in [0.717, 1.165) is 0 Å². The van der Waals surface area contributed by atoms with Crippen molar-refractivity contribution in [1.82, 2.24) is 5.32 Å². The number of amides is 1. The molecule has 1 aromatic rings. The van der Waals surface area contributed by atoms with Crippen molar-refractivity contribution in [3.63, 3.8) is 0 Å². The lowest BCUT2D eigenvalue weighted by Crippen LogP contribution is -2.20. The molecule has 0 saturated heterocycles. The van der Waals surface area contributed by atoms with Gasteiger partial charge in [-0.1, -0.05) is 0 Å². The minimum atomic E-state index is -3.72. The largest absolute Gasteiger partial charge is 0.493 e. The lowest BCUT2D eigenvalue weighted by Gasteiger charge is -2.13. The number of rotatable bonds is 5. The maximum absolute atomic E-state index is 11.3. The van der Waals surface area contributed by atoms with E-state index in [9.17, 15) is 13.2 Å². The number of carbonyl (C=O) groups excluding carboxylic acids is 1. The Morgan fingerprint density at radius 3 is 2.26 bits per heavy atom. The fourth-order valence-corrected chi connectivity index (χ4v) is 2.36. The van der Waals surface area contributed by atoms with E-state index in [1.54, 1.807) is 20.9 Å². The maximum atomic E-state index is 11.3. The van der Waals surface area contributed by atoms with E-state index in [1.165, 1.54) is 12.1 Å². The summed E-state index contributed by atoms with van der Waals surface area (Å²) in [6.45, 7) is 3.70. The number of primary sulfonamides is 1. The molecule has 0 fully saturated rings. The van der Waals surface area contributed by atoms with Gasteiger partial charge in [0.1, 0.15) is 5.75 Å². The van der Waals surface area contributed by atoms with Crippen LogP contribution in [0.25, 0.3) is 0 Å². The second kappa shape index (κ2) is 6.03. The van der Waals surface area contributed by atoms with Gasteiger partial charge in [0.15, 0.2) is 0 Å². The standard InChI is InChI=1S/C12H18N2O4S/c1-8-6-10(19(13,16)17)7-9(2)12(8)18-5-4-11(15)14-3/h6-7H,4-5H2,1-3H3,(H,14,15)(H2,13,16,17). The van der Waals surface area contributed by atoms with Gasteiger partial charge in [-0.15, -0.1) is 0 Å². The first kappa shape index (κ1) is 15.5. The van der Waals surface area contributed by atoms with Gasteiger partial charge in [-0.3, -0.25) is 4.79 Å². The van der Waals surface area contributed by atoms with Crippen LogP contribution in [0.5, 0.6) is 5.75 Å². The summed E-state index contributed by atoms with van der Waals surface area (Å²) < 4.78 is 28.1. The van der Waals surface area contributed by atoms with Gasteiger partial charge in [-0.2, -0.15) is 0 Å². The highest BCUT2D eigenvalue weighted by Gasteiger charge is 2.13. The van der Waals surface area contributed by atoms with Crippen LogP contribution in [0.15, 0.2) is 17.0 Å². The molecule has 106 valence electrons. The van der Waals surface area contributed by atoms with Crippen LogP contribution in [0.4, 0.5) is 0 Å². The molecule has 0 aliphatic heterocycles. The van der Waals surface area contributed by atoms with Crippen LogP contribution in [0.2, 0.25) is 0 Å². The SMILES string of the molecule is CNC(=O)CCOc1c(C)cc(S(N)(=O)=O)cc1C. The normalized spacial score (nSPS) is 11.2. The maximum Gasteiger partial charge on any atom is 0.238 e. The molecule has 0 saturated carbocycles. The lowest BCUT2D eigenvalue weighted by atomic mass is 10.1. The minimum absolute atomic E-state index is 0.0566. The van der Waals surface area contributed by atoms with E-state index < -0.39 is 10.0 Å². The van der Waals surface area contributed by atoms with Gasteiger partial charge in [-0.05, 0) is 37.1 Å². The molecule has 3 N–H and O–H groups in total. The van der Waals surface area contributed by atoms with Crippen LogP contribution in [0, 0.1) is 13.8 Å². The highest BCUT2D eigenvalue weighted by atomic mass is 32.2. The Morgan fingerprint density at radius 2 is 1.84 bits per heavy atom. The van der Waals surface area contributed by atoms with Crippen LogP contribution in [0.3, 0.4) is 0 Å². The molecule has 0 aromatic heterocycles. The van der Waals surface area contributed by atoms with Crippen molar-refractivity contribution in [3.05, 3.63) is 23.3 Å². The number of benzene rings is 1. The minimum Gasteiger partial charge on any atom is -0.493 e. The number of sulfonamides is 1. The van der Waals surface area contributed by atoms with Crippen LogP contribution < -0.4 is 15.2 Å². The monoisotopic (exact) mass is 286 g/mol. The summed E-state index contributed by atoms with van der Waals surface area (Å²) in [4.78, 5) is 11.1. The zero-order valence-corrected chi connectivity index (χ0v) is 12.0. The predicted molar refractivity (Wildman–Crippen MR) is 71.5 cm³/mol. The van der Waals surface area contributed by atoms with Crippen LogP contribution in [0.1, 0.15) is 17.5 Å². The first-order chi connectivity index (χ1) is 8.75. The van der Waals surface area contributed by atoms with E-state index in [2.05, 4.69) is 5.32 Å². The Morgan fingerprint density at radius 1 is 1.32 bits per heavy atom. The summed E-state index contributed by atoms with van der Waals surface area (Å²) in [5.74, 6) is 0.466. The van der Waals surface area contributed by atoms with Crippen molar-refractivity contribution in [3.8, 4) is 5.75 Å². The molecule has 0 heterocycles.